The summed E-state index contributed by atoms with van der Waals surface area (Å²) in [7, 11) is 0. The number of imidazole rings is 1. The van der Waals surface area contributed by atoms with Gasteiger partial charge in [-0.3, -0.25) is 14.5 Å². The molecular weight excluding hydrogens is 230 g/mol. The van der Waals surface area contributed by atoms with Gasteiger partial charge >= 0.3 is 0 Å². The van der Waals surface area contributed by atoms with Crippen LogP contribution in [0.4, 0.5) is 0 Å². The zero-order chi connectivity index (χ0) is 10.7. The fourth-order valence-corrected chi connectivity index (χ4v) is 1.70. The Morgan fingerprint density at radius 1 is 1.31 bits per heavy atom. The van der Waals surface area contributed by atoms with Crippen LogP contribution in [-0.2, 0) is 16.0 Å². The first-order valence-corrected chi connectivity index (χ1v) is 5.08. The number of likely N-dealkylation sites (tertiary alicyclic amines) is 1. The van der Waals surface area contributed by atoms with Crippen LogP contribution in [0.15, 0.2) is 12.5 Å². The molecule has 1 N–H and O–H groups in total. The van der Waals surface area contributed by atoms with Crippen molar-refractivity contribution in [2.24, 2.45) is 0 Å². The van der Waals surface area contributed by atoms with Crippen molar-refractivity contribution in [2.45, 2.75) is 25.7 Å². The van der Waals surface area contributed by atoms with Gasteiger partial charge in [0.05, 0.1) is 6.33 Å². The largest absolute Gasteiger partial charge is 0.348 e. The van der Waals surface area contributed by atoms with Crippen molar-refractivity contribution in [3.63, 3.8) is 0 Å². The van der Waals surface area contributed by atoms with Crippen LogP contribution in [0.25, 0.3) is 0 Å². The lowest BCUT2D eigenvalue weighted by Crippen LogP contribution is -2.41. The maximum absolute atomic E-state index is 11.4. The van der Waals surface area contributed by atoms with Crippen LogP contribution in [0.1, 0.15) is 25.0 Å². The first-order valence-electron chi connectivity index (χ1n) is 5.08. The summed E-state index contributed by atoms with van der Waals surface area (Å²) >= 11 is 0. The van der Waals surface area contributed by atoms with Crippen molar-refractivity contribution in [1.82, 2.24) is 14.9 Å². The number of hydrogen-bond acceptors (Lipinski definition) is 3. The summed E-state index contributed by atoms with van der Waals surface area (Å²) < 4.78 is 0. The van der Waals surface area contributed by atoms with Crippen LogP contribution in [0, 0.1) is 0 Å². The van der Waals surface area contributed by atoms with E-state index in [1.54, 1.807) is 12.5 Å². The standard InChI is InChI=1S/C10H13N3O2.ClH/c14-9-2-1-3-10(15)13(9)5-4-8-6-11-7-12-8;/h6-7H,1-5H2,(H,11,12);1H. The molecule has 5 nitrogen and oxygen atoms in total. The van der Waals surface area contributed by atoms with Crippen LogP contribution in [0.3, 0.4) is 0 Å². The monoisotopic (exact) mass is 243 g/mol. The van der Waals surface area contributed by atoms with Gasteiger partial charge in [0.2, 0.25) is 11.8 Å². The Morgan fingerprint density at radius 3 is 2.56 bits per heavy atom. The number of carbonyl (C=O) groups is 2. The zero-order valence-electron chi connectivity index (χ0n) is 8.81. The number of nitrogens with one attached hydrogen (secondary N) is 1. The molecule has 0 aromatic carbocycles. The Hall–Kier alpha value is -1.36. The first-order chi connectivity index (χ1) is 7.27. The molecule has 0 unspecified atom stereocenters. The maximum Gasteiger partial charge on any atom is 0.229 e. The van der Waals surface area contributed by atoms with Gasteiger partial charge < -0.3 is 4.98 Å². The van der Waals surface area contributed by atoms with Crippen LogP contribution in [-0.4, -0.2) is 33.2 Å². The van der Waals surface area contributed by atoms with Gasteiger partial charge in [0.25, 0.3) is 0 Å². The average Bonchev–Trinajstić information content (AvgIpc) is 2.70. The Morgan fingerprint density at radius 2 is 2.00 bits per heavy atom. The number of halogens is 1. The van der Waals surface area contributed by atoms with Crippen LogP contribution >= 0.6 is 12.4 Å². The van der Waals surface area contributed by atoms with E-state index in [0.29, 0.717) is 32.2 Å². The third kappa shape index (κ3) is 2.82. The highest BCUT2D eigenvalue weighted by Crippen LogP contribution is 2.12. The third-order valence-corrected chi connectivity index (χ3v) is 2.54. The number of carbonyl (C=O) groups excluding carboxylic acids is 2. The molecule has 1 aromatic heterocycles. The Labute approximate surface area is 99.6 Å². The fraction of sp³-hybridized carbons (Fsp3) is 0.500. The molecule has 1 saturated heterocycles. The smallest absolute Gasteiger partial charge is 0.229 e. The molecule has 1 aromatic rings. The molecule has 0 saturated carbocycles. The molecule has 2 amide bonds. The highest BCUT2D eigenvalue weighted by molar-refractivity contribution is 5.97. The molecule has 1 fully saturated rings. The summed E-state index contributed by atoms with van der Waals surface area (Å²) in [4.78, 5) is 31.1. The minimum atomic E-state index is -0.0502. The van der Waals surface area contributed by atoms with E-state index >= 15 is 0 Å². The topological polar surface area (TPSA) is 66.1 Å². The number of aromatic nitrogens is 2. The zero-order valence-corrected chi connectivity index (χ0v) is 9.63. The molecule has 2 rings (SSSR count). The molecule has 2 heterocycles. The molecular formula is C10H14ClN3O2. The SMILES string of the molecule is Cl.O=C1CCCC(=O)N1CCc1cnc[nH]1. The quantitative estimate of drug-likeness (QED) is 0.803. The van der Waals surface area contributed by atoms with Crippen molar-refractivity contribution >= 4 is 24.2 Å². The molecule has 88 valence electrons. The fourth-order valence-electron chi connectivity index (χ4n) is 1.70. The number of piperidine rings is 1. The number of imide groups is 1. The van der Waals surface area contributed by atoms with Gasteiger partial charge in [-0.15, -0.1) is 12.4 Å². The Bertz CT molecular complexity index is 348. The highest BCUT2D eigenvalue weighted by atomic mass is 35.5. The molecule has 16 heavy (non-hydrogen) atoms. The van der Waals surface area contributed by atoms with Crippen LogP contribution < -0.4 is 0 Å². The van der Waals surface area contributed by atoms with Crippen LogP contribution in [0.2, 0.25) is 0 Å². The van der Waals surface area contributed by atoms with Gasteiger partial charge in [0, 0.05) is 37.7 Å². The predicted octanol–water partition coefficient (Wildman–Crippen LogP) is 0.913. The van der Waals surface area contributed by atoms with Gasteiger partial charge in [-0.1, -0.05) is 0 Å². The lowest BCUT2D eigenvalue weighted by atomic mass is 10.1. The number of aromatic amines is 1. The molecule has 6 heteroatoms. The van der Waals surface area contributed by atoms with Crippen molar-refractivity contribution in [1.29, 1.82) is 0 Å². The van der Waals surface area contributed by atoms with Gasteiger partial charge in [-0.2, -0.15) is 0 Å². The van der Waals surface area contributed by atoms with E-state index < -0.39 is 0 Å². The van der Waals surface area contributed by atoms with Gasteiger partial charge in [0.1, 0.15) is 0 Å². The molecule has 0 atom stereocenters. The summed E-state index contributed by atoms with van der Waals surface area (Å²) in [5.74, 6) is -0.100. The molecule has 1 aliphatic rings. The van der Waals surface area contributed by atoms with Gasteiger partial charge in [0.15, 0.2) is 0 Å². The minimum Gasteiger partial charge on any atom is -0.348 e. The van der Waals surface area contributed by atoms with E-state index in [0.717, 1.165) is 5.69 Å². The van der Waals surface area contributed by atoms with E-state index in [-0.39, 0.29) is 24.2 Å². The Kier molecular flexibility index (Phi) is 4.49. The van der Waals surface area contributed by atoms with Crippen molar-refractivity contribution in [3.05, 3.63) is 18.2 Å². The second-order valence-corrected chi connectivity index (χ2v) is 3.62. The summed E-state index contributed by atoms with van der Waals surface area (Å²) in [5, 5.41) is 0. The lowest BCUT2D eigenvalue weighted by molar-refractivity contribution is -0.147. The van der Waals surface area contributed by atoms with Crippen molar-refractivity contribution in [2.75, 3.05) is 6.54 Å². The molecule has 0 spiro atoms. The molecule has 1 aliphatic heterocycles. The average molecular weight is 244 g/mol. The predicted molar refractivity (Wildman–Crippen MR) is 60.1 cm³/mol. The summed E-state index contributed by atoms with van der Waals surface area (Å²) in [6, 6.07) is 0. The molecule has 0 radical (unpaired) electrons. The summed E-state index contributed by atoms with van der Waals surface area (Å²) in [6.45, 7) is 0.458. The van der Waals surface area contributed by atoms with Crippen molar-refractivity contribution in [3.8, 4) is 0 Å². The van der Waals surface area contributed by atoms with Crippen LogP contribution in [0.5, 0.6) is 0 Å². The maximum atomic E-state index is 11.4. The second-order valence-electron chi connectivity index (χ2n) is 3.62. The second kappa shape index (κ2) is 5.65. The van der Waals surface area contributed by atoms with Gasteiger partial charge in [-0.05, 0) is 6.42 Å². The van der Waals surface area contributed by atoms with Gasteiger partial charge in [-0.25, -0.2) is 4.98 Å². The normalized spacial score (nSPS) is 16.1. The summed E-state index contributed by atoms with van der Waals surface area (Å²) in [6.07, 6.45) is 5.63. The van der Waals surface area contributed by atoms with E-state index in [2.05, 4.69) is 9.97 Å². The number of rotatable bonds is 3. The highest BCUT2D eigenvalue weighted by Gasteiger charge is 2.25. The minimum absolute atomic E-state index is 0. The summed E-state index contributed by atoms with van der Waals surface area (Å²) in [5.41, 5.74) is 0.946. The number of H-pyrrole nitrogens is 1. The van der Waals surface area contributed by atoms with Crippen molar-refractivity contribution < 1.29 is 9.59 Å². The third-order valence-electron chi connectivity index (χ3n) is 2.54. The Balaban J connectivity index is 0.00000128. The first kappa shape index (κ1) is 12.7. The lowest BCUT2D eigenvalue weighted by Gasteiger charge is -2.24. The van der Waals surface area contributed by atoms with E-state index in [9.17, 15) is 9.59 Å². The van der Waals surface area contributed by atoms with E-state index in [4.69, 9.17) is 0 Å². The number of nitrogens with zero attached hydrogens (tertiary/aromatic N) is 2. The van der Waals surface area contributed by atoms with E-state index in [1.165, 1.54) is 4.90 Å². The van der Waals surface area contributed by atoms with E-state index in [1.807, 2.05) is 0 Å². The molecule has 0 bridgehead atoms. The molecule has 0 aliphatic carbocycles. The number of amides is 2. The number of hydrogen-bond donors (Lipinski definition) is 1.